The third-order valence-corrected chi connectivity index (χ3v) is 13.1. The van der Waals surface area contributed by atoms with Crippen LogP contribution in [0.4, 0.5) is 123 Å². The van der Waals surface area contributed by atoms with Crippen molar-refractivity contribution in [1.82, 2.24) is 39.9 Å². The lowest BCUT2D eigenvalue weighted by atomic mass is 9.99. The van der Waals surface area contributed by atoms with Crippen LogP contribution in [0.2, 0.25) is 0 Å². The molecule has 0 aliphatic carbocycles. The summed E-state index contributed by atoms with van der Waals surface area (Å²) in [6.45, 7) is 0. The predicted molar refractivity (Wildman–Crippen MR) is 257 cm³/mol. The van der Waals surface area contributed by atoms with Gasteiger partial charge in [-0.2, -0.15) is 123 Å². The standard InChI is InChI=1S/C32H10F28N4.C20H14N4/c33-21(34,25(41,42)29(49,50)51)17-9-1-2-10(61-9)18(22(35,36)26(43,44)30(52,53)54)12-5-6-14(63-12)20(24(39,40)28(47,48)32(58,59)60)16-8-7-15(64-16)19(13-4-3-11(17)62-13)23(37,38)27(45,46)31(55,56)57;1-2-14-10-16-5-6-18(23-16)12-20-8-7-19(24-20)11-17-4-3-15(22-17)9-13(1)21-14/h1-8,61,64H;1-12,21,24H. The van der Waals surface area contributed by atoms with E-state index in [-0.39, 0.29) is 0 Å². The Bertz CT molecular complexity index is 3740. The maximum Gasteiger partial charge on any atom is 0.460 e. The molecule has 4 aliphatic rings. The Morgan fingerprint density at radius 1 is 0.227 bits per heavy atom. The normalized spacial score (nSPS) is 14.9. The van der Waals surface area contributed by atoms with Gasteiger partial charge < -0.3 is 19.9 Å². The van der Waals surface area contributed by atoms with Crippen LogP contribution in [0.15, 0.2) is 72.8 Å². The zero-order valence-corrected chi connectivity index (χ0v) is 41.9. The minimum Gasteiger partial charge on any atom is -0.355 e. The molecule has 0 amide bonds. The Kier molecular flexibility index (Phi) is 14.8. The summed E-state index contributed by atoms with van der Waals surface area (Å²) in [7, 11) is 0. The van der Waals surface area contributed by atoms with Gasteiger partial charge in [0.25, 0.3) is 0 Å². The minimum atomic E-state index is -7.51. The molecule has 0 atom stereocenters. The smallest absolute Gasteiger partial charge is 0.355 e. The summed E-state index contributed by atoms with van der Waals surface area (Å²) in [4.78, 5) is 23.2. The second-order valence-electron chi connectivity index (χ2n) is 19.0. The molecule has 4 aliphatic heterocycles. The van der Waals surface area contributed by atoms with Gasteiger partial charge in [-0.1, -0.05) is 0 Å². The molecule has 88 heavy (non-hydrogen) atoms. The first-order valence-corrected chi connectivity index (χ1v) is 23.7. The van der Waals surface area contributed by atoms with E-state index < -0.39 is 188 Å². The van der Waals surface area contributed by atoms with Crippen molar-refractivity contribution in [1.29, 1.82) is 0 Å². The first-order valence-electron chi connectivity index (χ1n) is 23.7. The molecule has 0 unspecified atom stereocenters. The number of hydrogen-bond donors (Lipinski definition) is 4. The number of H-pyrrole nitrogens is 4. The zero-order chi connectivity index (χ0) is 65.3. The van der Waals surface area contributed by atoms with Gasteiger partial charge in [-0.3, -0.25) is 0 Å². The van der Waals surface area contributed by atoms with Crippen molar-refractivity contribution in [3.05, 3.63) is 141 Å². The summed E-state index contributed by atoms with van der Waals surface area (Å²) >= 11 is 0. The lowest BCUT2D eigenvalue weighted by molar-refractivity contribution is -0.359. The number of fused-ring (bicyclic) bond motifs is 16. The van der Waals surface area contributed by atoms with Crippen LogP contribution in [0.25, 0.3) is 92.7 Å². The molecule has 6 aromatic rings. The SMILES string of the molecule is C1=Cc2cc3ccc(cc4nc(cc5ccc(cc1n2)[nH]5)C=C4)[nH]3.FC(F)(F)C(F)(F)C(F)(F)c1c2nc(c(C(F)(F)C(F)(F)C(F)(F)F)c3ccc([nH]3)c(C(F)(F)C(F)(F)C(F)(F)F)c3nc(c(C(F)(F)C(F)(F)C(F)(F)F)c4ccc1[nH]4)C=C3)C=C2. The molecule has 16 bridgehead atoms. The van der Waals surface area contributed by atoms with Crippen LogP contribution in [-0.2, 0) is 23.7 Å². The Hall–Kier alpha value is -8.76. The minimum absolute atomic E-state index is 0.466. The van der Waals surface area contributed by atoms with Crippen molar-refractivity contribution in [2.75, 3.05) is 0 Å². The van der Waals surface area contributed by atoms with Gasteiger partial charge in [0.1, 0.15) is 0 Å². The van der Waals surface area contributed by atoms with Crippen LogP contribution in [0.5, 0.6) is 0 Å². The van der Waals surface area contributed by atoms with Gasteiger partial charge in [-0.25, -0.2) is 19.9 Å². The molecule has 0 fully saturated rings. The maximum absolute atomic E-state index is 15.6. The number of nitrogens with one attached hydrogen (secondary N) is 4. The average molecular weight is 1290 g/mol. The van der Waals surface area contributed by atoms with Crippen molar-refractivity contribution in [3.63, 3.8) is 0 Å². The molecule has 10 heterocycles. The second kappa shape index (κ2) is 20.4. The number of nitrogens with zero attached hydrogens (tertiary/aromatic N) is 4. The van der Waals surface area contributed by atoms with Gasteiger partial charge in [0.05, 0.1) is 89.9 Å². The Labute approximate surface area is 467 Å². The molecule has 0 saturated heterocycles. The number of alkyl halides is 28. The van der Waals surface area contributed by atoms with E-state index >= 15 is 35.1 Å². The summed E-state index contributed by atoms with van der Waals surface area (Å²) in [6.07, 6.45) is -23.7. The maximum atomic E-state index is 15.6. The van der Waals surface area contributed by atoms with Gasteiger partial charge in [0.2, 0.25) is 0 Å². The number of aromatic nitrogens is 8. The highest BCUT2D eigenvalue weighted by Crippen LogP contribution is 2.59. The zero-order valence-electron chi connectivity index (χ0n) is 41.9. The van der Waals surface area contributed by atoms with Crippen molar-refractivity contribution >= 4 is 92.7 Å². The second-order valence-corrected chi connectivity index (χ2v) is 19.0. The van der Waals surface area contributed by atoms with E-state index in [4.69, 9.17) is 0 Å². The quantitative estimate of drug-likeness (QED) is 0.113. The first-order chi connectivity index (χ1) is 40.2. The molecule has 0 spiro atoms. The van der Waals surface area contributed by atoms with Crippen molar-refractivity contribution in [3.8, 4) is 0 Å². The summed E-state index contributed by atoms with van der Waals surface area (Å²) in [6, 6.07) is 14.5. The molecule has 0 aromatic carbocycles. The summed E-state index contributed by atoms with van der Waals surface area (Å²) < 4.78 is 402. The molecule has 8 nitrogen and oxygen atoms in total. The van der Waals surface area contributed by atoms with Crippen LogP contribution in [-0.4, -0.2) is 88.3 Å². The van der Waals surface area contributed by atoms with Crippen LogP contribution in [0, 0.1) is 0 Å². The summed E-state index contributed by atoms with van der Waals surface area (Å²) in [5.74, 6) is -58.2. The van der Waals surface area contributed by atoms with Gasteiger partial charge in [0.15, 0.2) is 0 Å². The molecular formula is C52H24F28N8. The van der Waals surface area contributed by atoms with E-state index in [0.29, 0.717) is 0 Å². The largest absolute Gasteiger partial charge is 0.460 e. The lowest BCUT2D eigenvalue weighted by Gasteiger charge is -2.29. The number of rotatable bonds is 8. The number of aromatic amines is 4. The highest BCUT2D eigenvalue weighted by molar-refractivity contribution is 5.85. The number of halogens is 28. The third kappa shape index (κ3) is 10.5. The summed E-state index contributed by atoms with van der Waals surface area (Å²) in [5, 5.41) is 0. The van der Waals surface area contributed by atoms with E-state index in [1.54, 1.807) is 0 Å². The van der Waals surface area contributed by atoms with Gasteiger partial charge in [0, 0.05) is 22.1 Å². The molecule has 0 saturated carbocycles. The van der Waals surface area contributed by atoms with Gasteiger partial charge in [-0.15, -0.1) is 0 Å². The third-order valence-electron chi connectivity index (χ3n) is 13.1. The van der Waals surface area contributed by atoms with E-state index in [1.807, 2.05) is 48.6 Å². The van der Waals surface area contributed by atoms with Crippen molar-refractivity contribution < 1.29 is 123 Å². The fourth-order valence-corrected chi connectivity index (χ4v) is 8.81. The monoisotopic (exact) mass is 1290 g/mol. The fourth-order valence-electron chi connectivity index (χ4n) is 8.81. The topological polar surface area (TPSA) is 115 Å². The molecule has 6 aromatic heterocycles. The number of hydrogen-bond acceptors (Lipinski definition) is 4. The van der Waals surface area contributed by atoms with E-state index in [0.717, 1.165) is 54.8 Å². The van der Waals surface area contributed by atoms with Crippen LogP contribution < -0.4 is 0 Å². The van der Waals surface area contributed by atoms with Crippen LogP contribution in [0.3, 0.4) is 0 Å². The lowest BCUT2D eigenvalue weighted by Crippen LogP contribution is -2.50. The Morgan fingerprint density at radius 3 is 0.602 bits per heavy atom. The fraction of sp³-hybridized carbons (Fsp3) is 0.231. The molecule has 0 radical (unpaired) electrons. The molecule has 468 valence electrons. The van der Waals surface area contributed by atoms with Crippen molar-refractivity contribution in [2.24, 2.45) is 0 Å². The van der Waals surface area contributed by atoms with Gasteiger partial charge in [-0.05, 0) is 121 Å². The predicted octanol–water partition coefficient (Wildman–Crippen LogP) is 18.5. The van der Waals surface area contributed by atoms with E-state index in [1.165, 1.54) is 0 Å². The molecule has 10 rings (SSSR count). The van der Waals surface area contributed by atoms with E-state index in [9.17, 15) is 87.8 Å². The average Bonchev–Trinajstić information content (AvgIpc) is 1.56. The van der Waals surface area contributed by atoms with Crippen LogP contribution in [0.1, 0.15) is 67.8 Å². The Morgan fingerprint density at radius 2 is 0.420 bits per heavy atom. The van der Waals surface area contributed by atoms with E-state index in [2.05, 4.69) is 54.2 Å². The summed E-state index contributed by atoms with van der Waals surface area (Å²) in [5.41, 5.74) is -23.8. The van der Waals surface area contributed by atoms with Crippen molar-refractivity contribution in [2.45, 2.75) is 72.1 Å². The Balaban J connectivity index is 0.000000314. The van der Waals surface area contributed by atoms with Gasteiger partial charge >= 0.3 is 72.1 Å². The molecule has 36 heteroatoms. The highest BCUT2D eigenvalue weighted by atomic mass is 19.5. The van der Waals surface area contributed by atoms with Crippen LogP contribution >= 0.6 is 0 Å². The highest BCUT2D eigenvalue weighted by Gasteiger charge is 2.78. The first kappa shape index (κ1) is 63.7. The molecule has 4 N–H and O–H groups in total. The molecular weight excluding hydrogens is 1270 g/mol.